The first kappa shape index (κ1) is 13.9. The molecule has 0 unspecified atom stereocenters. The summed E-state index contributed by atoms with van der Waals surface area (Å²) in [5.41, 5.74) is 0. The lowest BCUT2D eigenvalue weighted by atomic mass is 9.83. The average Bonchev–Trinajstić information content (AvgIpc) is 1.99. The van der Waals surface area contributed by atoms with Gasteiger partial charge >= 0.3 is 23.9 Å². The van der Waals surface area contributed by atoms with Gasteiger partial charge < -0.3 is 20.4 Å². The van der Waals surface area contributed by atoms with Gasteiger partial charge in [0.25, 0.3) is 0 Å². The van der Waals surface area contributed by atoms with E-state index >= 15 is 0 Å². The Morgan fingerprint density at radius 3 is 1.00 bits per heavy atom. The molecule has 8 nitrogen and oxygen atoms in total. The van der Waals surface area contributed by atoms with Crippen molar-refractivity contribution in [3.05, 3.63) is 0 Å². The second-order valence-corrected chi connectivity index (χ2v) is 3.17. The fourth-order valence-corrected chi connectivity index (χ4v) is 1.30. The van der Waals surface area contributed by atoms with Crippen molar-refractivity contribution in [1.29, 1.82) is 0 Å². The van der Waals surface area contributed by atoms with E-state index in [1.54, 1.807) is 0 Å². The van der Waals surface area contributed by atoms with Crippen molar-refractivity contribution in [1.82, 2.24) is 0 Å². The van der Waals surface area contributed by atoms with Crippen LogP contribution in [0.2, 0.25) is 0 Å². The zero-order valence-corrected chi connectivity index (χ0v) is 8.15. The lowest BCUT2D eigenvalue weighted by molar-refractivity contribution is -0.163. The quantitative estimate of drug-likeness (QED) is 0.436. The minimum absolute atomic E-state index is 0.958. The molecule has 16 heavy (non-hydrogen) atoms. The van der Waals surface area contributed by atoms with Crippen molar-refractivity contribution in [3.63, 3.8) is 0 Å². The summed E-state index contributed by atoms with van der Waals surface area (Å²) < 4.78 is 0. The summed E-state index contributed by atoms with van der Waals surface area (Å²) in [5.74, 6) is -12.8. The lowest BCUT2D eigenvalue weighted by Crippen LogP contribution is -2.40. The normalized spacial score (nSPS) is 10.8. The molecule has 0 saturated carbocycles. The first-order chi connectivity index (χ1) is 7.20. The van der Waals surface area contributed by atoms with Gasteiger partial charge in [-0.05, 0) is 0 Å². The van der Waals surface area contributed by atoms with Gasteiger partial charge in [0.2, 0.25) is 0 Å². The van der Waals surface area contributed by atoms with E-state index in [4.69, 9.17) is 20.4 Å². The third-order valence-electron chi connectivity index (χ3n) is 2.12. The maximum absolute atomic E-state index is 10.6. The van der Waals surface area contributed by atoms with Gasteiger partial charge in [-0.15, -0.1) is 0 Å². The molecule has 0 heterocycles. The zero-order valence-electron chi connectivity index (χ0n) is 8.15. The van der Waals surface area contributed by atoms with Crippen LogP contribution in [0.3, 0.4) is 0 Å². The third-order valence-corrected chi connectivity index (χ3v) is 2.12. The zero-order chi connectivity index (χ0) is 13.0. The first-order valence-corrected chi connectivity index (χ1v) is 4.11. The molecule has 0 radical (unpaired) electrons. The van der Waals surface area contributed by atoms with Gasteiger partial charge in [0.05, 0.1) is 0 Å². The van der Waals surface area contributed by atoms with Crippen LogP contribution in [0.4, 0.5) is 0 Å². The Morgan fingerprint density at radius 1 is 0.688 bits per heavy atom. The third kappa shape index (κ3) is 2.94. The Kier molecular flexibility index (Phi) is 4.42. The molecule has 0 saturated heterocycles. The van der Waals surface area contributed by atoms with Gasteiger partial charge in [-0.1, -0.05) is 6.92 Å². The van der Waals surface area contributed by atoms with Crippen molar-refractivity contribution in [3.8, 4) is 0 Å². The number of hydrogen-bond acceptors (Lipinski definition) is 4. The summed E-state index contributed by atoms with van der Waals surface area (Å²) in [4.78, 5) is 42.3. The smallest absolute Gasteiger partial charge is 0.318 e. The number of carbonyl (C=O) groups is 4. The van der Waals surface area contributed by atoms with E-state index < -0.39 is 41.6 Å². The second-order valence-electron chi connectivity index (χ2n) is 3.17. The molecule has 0 aromatic rings. The number of carboxylic acid groups (broad SMARTS) is 4. The Bertz CT molecular complexity index is 273. The molecule has 0 aliphatic carbocycles. The molecule has 0 fully saturated rings. The summed E-state index contributed by atoms with van der Waals surface area (Å²) >= 11 is 0. The van der Waals surface area contributed by atoms with E-state index in [2.05, 4.69) is 0 Å². The molecule has 0 aromatic heterocycles. The predicted octanol–water partition coefficient (Wildman–Crippen LogP) is -0.807. The van der Waals surface area contributed by atoms with Crippen molar-refractivity contribution in [2.24, 2.45) is 17.8 Å². The largest absolute Gasteiger partial charge is 0.481 e. The topological polar surface area (TPSA) is 149 Å². The van der Waals surface area contributed by atoms with Gasteiger partial charge in [-0.2, -0.15) is 0 Å². The highest BCUT2D eigenvalue weighted by atomic mass is 16.4. The van der Waals surface area contributed by atoms with Crippen LogP contribution in [0.25, 0.3) is 0 Å². The fourth-order valence-electron chi connectivity index (χ4n) is 1.30. The van der Waals surface area contributed by atoms with Crippen LogP contribution in [0.1, 0.15) is 6.92 Å². The minimum atomic E-state index is -2.07. The van der Waals surface area contributed by atoms with Gasteiger partial charge in [-0.25, -0.2) is 0 Å². The molecule has 8 heteroatoms. The van der Waals surface area contributed by atoms with E-state index in [-0.39, 0.29) is 0 Å². The van der Waals surface area contributed by atoms with Crippen molar-refractivity contribution in [2.45, 2.75) is 6.92 Å². The molecule has 0 atom stereocenters. The molecule has 90 valence electrons. The molecule has 0 bridgehead atoms. The molecule has 0 spiro atoms. The van der Waals surface area contributed by atoms with Crippen molar-refractivity contribution >= 4 is 23.9 Å². The average molecular weight is 234 g/mol. The summed E-state index contributed by atoms with van der Waals surface area (Å²) in [6.07, 6.45) is 0. The highest BCUT2D eigenvalue weighted by Crippen LogP contribution is 2.22. The van der Waals surface area contributed by atoms with Crippen LogP contribution in [-0.2, 0) is 19.2 Å². The lowest BCUT2D eigenvalue weighted by Gasteiger charge is -2.19. The van der Waals surface area contributed by atoms with Crippen LogP contribution in [0, 0.1) is 17.8 Å². The Hall–Kier alpha value is -2.12. The predicted molar refractivity (Wildman–Crippen MR) is 46.7 cm³/mol. The molecule has 4 N–H and O–H groups in total. The van der Waals surface area contributed by atoms with E-state index in [9.17, 15) is 19.2 Å². The van der Waals surface area contributed by atoms with E-state index in [0.717, 1.165) is 6.92 Å². The first-order valence-electron chi connectivity index (χ1n) is 4.11. The maximum atomic E-state index is 10.6. The van der Waals surface area contributed by atoms with E-state index in [0.29, 0.717) is 0 Å². The molecule has 0 amide bonds. The molecule has 0 aliphatic heterocycles. The number of aliphatic carboxylic acids is 4. The minimum Gasteiger partial charge on any atom is -0.481 e. The summed E-state index contributed by atoms with van der Waals surface area (Å²) in [6, 6.07) is 0. The molecule has 0 aromatic carbocycles. The summed E-state index contributed by atoms with van der Waals surface area (Å²) in [7, 11) is 0. The Morgan fingerprint density at radius 2 is 0.875 bits per heavy atom. The van der Waals surface area contributed by atoms with Crippen LogP contribution in [-0.4, -0.2) is 44.3 Å². The molecule has 0 aliphatic rings. The number of hydrogen-bond donors (Lipinski definition) is 4. The van der Waals surface area contributed by atoms with Crippen LogP contribution >= 0.6 is 0 Å². The van der Waals surface area contributed by atoms with E-state index in [1.807, 2.05) is 0 Å². The van der Waals surface area contributed by atoms with Crippen molar-refractivity contribution in [2.75, 3.05) is 0 Å². The van der Waals surface area contributed by atoms with Gasteiger partial charge in [0, 0.05) is 5.92 Å². The summed E-state index contributed by atoms with van der Waals surface area (Å²) in [5, 5.41) is 34.2. The van der Waals surface area contributed by atoms with Gasteiger partial charge in [0.15, 0.2) is 11.8 Å². The Balaban J connectivity index is 5.18. The molecular formula is C8H10O8. The SMILES string of the molecule is CC(C(C(=O)O)C(=O)O)C(C(=O)O)C(=O)O. The second kappa shape index (κ2) is 5.10. The number of rotatable bonds is 6. The number of carboxylic acids is 4. The standard InChI is InChI=1S/C8H10O8/c1-2(3(5(9)10)6(11)12)4(7(13)14)8(15)16/h2-4H,1H3,(H,9,10)(H,11,12)(H,13,14)(H,15,16). The van der Waals surface area contributed by atoms with Gasteiger partial charge in [-0.3, -0.25) is 19.2 Å². The highest BCUT2D eigenvalue weighted by molar-refractivity contribution is 5.98. The van der Waals surface area contributed by atoms with Crippen LogP contribution < -0.4 is 0 Å². The van der Waals surface area contributed by atoms with Crippen LogP contribution in [0.5, 0.6) is 0 Å². The van der Waals surface area contributed by atoms with E-state index in [1.165, 1.54) is 0 Å². The molecular weight excluding hydrogens is 224 g/mol. The fraction of sp³-hybridized carbons (Fsp3) is 0.500. The maximum Gasteiger partial charge on any atom is 0.318 e. The highest BCUT2D eigenvalue weighted by Gasteiger charge is 2.43. The van der Waals surface area contributed by atoms with Crippen LogP contribution in [0.15, 0.2) is 0 Å². The Labute approximate surface area is 89.1 Å². The summed E-state index contributed by atoms with van der Waals surface area (Å²) in [6.45, 7) is 0.958. The van der Waals surface area contributed by atoms with Gasteiger partial charge in [0.1, 0.15) is 0 Å². The molecule has 0 rings (SSSR count). The monoisotopic (exact) mass is 234 g/mol. The van der Waals surface area contributed by atoms with Crippen molar-refractivity contribution < 1.29 is 39.6 Å².